The Labute approximate surface area is 104 Å². The van der Waals surface area contributed by atoms with Crippen molar-refractivity contribution >= 4 is 22.5 Å². The maximum Gasteiger partial charge on any atom is 0.586 e. The van der Waals surface area contributed by atoms with Gasteiger partial charge in [0.15, 0.2) is 11.5 Å². The van der Waals surface area contributed by atoms with E-state index in [1.54, 1.807) is 0 Å². The Morgan fingerprint density at radius 2 is 1.94 bits per heavy atom. The Hall–Kier alpha value is -2.13. The maximum atomic E-state index is 12.9. The fraction of sp³-hybridized carbons (Fsp3) is 0.0909. The van der Waals surface area contributed by atoms with E-state index in [1.807, 2.05) is 6.07 Å². The molecule has 18 heavy (non-hydrogen) atoms. The number of alkyl halides is 2. The van der Waals surface area contributed by atoms with E-state index in [-0.39, 0.29) is 22.1 Å². The predicted octanol–water partition coefficient (Wildman–Crippen LogP) is 3.08. The number of aromatic nitrogens is 1. The standard InChI is InChI=1S/C11H3ClF2N2O2/c12-10-5(3-15)4-16-7-2-9-8(1-6(7)10)17-11(13,14)18-9/h1-2,4H. The summed E-state index contributed by atoms with van der Waals surface area (Å²) < 4.78 is 34.4. The first kappa shape index (κ1) is 11.0. The molecule has 0 amide bonds. The zero-order chi connectivity index (χ0) is 12.9. The summed E-state index contributed by atoms with van der Waals surface area (Å²) in [6.07, 6.45) is -2.42. The molecule has 0 spiro atoms. The molecule has 0 unspecified atom stereocenters. The first-order valence-corrected chi connectivity index (χ1v) is 5.16. The lowest BCUT2D eigenvalue weighted by Crippen LogP contribution is -2.25. The molecule has 4 nitrogen and oxygen atoms in total. The first-order chi connectivity index (χ1) is 8.50. The summed E-state index contributed by atoms with van der Waals surface area (Å²) in [5.41, 5.74) is 0.508. The van der Waals surface area contributed by atoms with Crippen LogP contribution >= 0.6 is 11.6 Å². The summed E-state index contributed by atoms with van der Waals surface area (Å²) >= 11 is 5.97. The average Bonchev–Trinajstić information content (AvgIpc) is 2.60. The van der Waals surface area contributed by atoms with Crippen LogP contribution < -0.4 is 9.47 Å². The van der Waals surface area contributed by atoms with Crippen LogP contribution in [-0.4, -0.2) is 11.3 Å². The molecule has 2 heterocycles. The highest BCUT2D eigenvalue weighted by atomic mass is 35.5. The minimum Gasteiger partial charge on any atom is -0.395 e. The molecule has 0 bridgehead atoms. The van der Waals surface area contributed by atoms with Crippen molar-refractivity contribution in [1.82, 2.24) is 4.98 Å². The van der Waals surface area contributed by atoms with Gasteiger partial charge in [0.2, 0.25) is 0 Å². The van der Waals surface area contributed by atoms with Gasteiger partial charge in [-0.05, 0) is 6.07 Å². The van der Waals surface area contributed by atoms with Crippen molar-refractivity contribution in [3.8, 4) is 17.6 Å². The van der Waals surface area contributed by atoms with Crippen molar-refractivity contribution in [3.05, 3.63) is 28.9 Å². The van der Waals surface area contributed by atoms with Gasteiger partial charge in [0, 0.05) is 17.6 Å². The number of fused-ring (bicyclic) bond motifs is 2. The van der Waals surface area contributed by atoms with Gasteiger partial charge in [-0.2, -0.15) is 5.26 Å². The fourth-order valence-electron chi connectivity index (χ4n) is 1.68. The Morgan fingerprint density at radius 1 is 1.28 bits per heavy atom. The second-order valence-electron chi connectivity index (χ2n) is 3.58. The summed E-state index contributed by atoms with van der Waals surface area (Å²) in [4.78, 5) is 3.95. The van der Waals surface area contributed by atoms with E-state index in [1.165, 1.54) is 18.3 Å². The second-order valence-corrected chi connectivity index (χ2v) is 3.96. The molecule has 2 aromatic rings. The minimum atomic E-state index is -3.69. The molecule has 0 aliphatic carbocycles. The van der Waals surface area contributed by atoms with E-state index in [0.717, 1.165) is 0 Å². The number of nitriles is 1. The second kappa shape index (κ2) is 3.43. The van der Waals surface area contributed by atoms with Crippen LogP contribution in [0.1, 0.15) is 5.56 Å². The van der Waals surface area contributed by atoms with Crippen molar-refractivity contribution in [2.24, 2.45) is 0 Å². The number of pyridine rings is 1. The molecule has 0 radical (unpaired) electrons. The SMILES string of the molecule is N#Cc1cnc2cc3c(cc2c1Cl)OC(F)(F)O3. The van der Waals surface area contributed by atoms with Crippen LogP contribution in [0, 0.1) is 11.3 Å². The van der Waals surface area contributed by atoms with Crippen molar-refractivity contribution in [3.63, 3.8) is 0 Å². The quantitative estimate of drug-likeness (QED) is 0.737. The van der Waals surface area contributed by atoms with Gasteiger partial charge in [-0.25, -0.2) is 0 Å². The van der Waals surface area contributed by atoms with E-state index in [9.17, 15) is 8.78 Å². The fourth-order valence-corrected chi connectivity index (χ4v) is 1.92. The van der Waals surface area contributed by atoms with Crippen LogP contribution in [0.2, 0.25) is 5.02 Å². The van der Waals surface area contributed by atoms with Gasteiger partial charge < -0.3 is 9.47 Å². The summed E-state index contributed by atoms with van der Waals surface area (Å²) in [6, 6.07) is 4.43. The lowest BCUT2D eigenvalue weighted by molar-refractivity contribution is -0.286. The van der Waals surface area contributed by atoms with Crippen LogP contribution in [0.15, 0.2) is 18.3 Å². The smallest absolute Gasteiger partial charge is 0.395 e. The van der Waals surface area contributed by atoms with E-state index < -0.39 is 6.29 Å². The Bertz CT molecular complexity index is 712. The minimum absolute atomic E-state index is 0.110. The molecular weight excluding hydrogens is 266 g/mol. The lowest BCUT2D eigenvalue weighted by atomic mass is 10.1. The number of benzene rings is 1. The van der Waals surface area contributed by atoms with Crippen LogP contribution in [0.5, 0.6) is 11.5 Å². The predicted molar refractivity (Wildman–Crippen MR) is 57.7 cm³/mol. The monoisotopic (exact) mass is 268 g/mol. The third-order valence-corrected chi connectivity index (χ3v) is 2.85. The van der Waals surface area contributed by atoms with Gasteiger partial charge in [0.1, 0.15) is 6.07 Å². The summed E-state index contributed by atoms with van der Waals surface area (Å²) in [5.74, 6) is -0.243. The van der Waals surface area contributed by atoms with Crippen LogP contribution in [0.4, 0.5) is 8.78 Å². The molecule has 0 saturated carbocycles. The van der Waals surface area contributed by atoms with Crippen molar-refractivity contribution < 1.29 is 18.3 Å². The molecule has 1 aliphatic heterocycles. The number of ether oxygens (including phenoxy) is 2. The third-order valence-electron chi connectivity index (χ3n) is 2.45. The molecule has 1 aromatic heterocycles. The van der Waals surface area contributed by atoms with E-state index >= 15 is 0 Å². The molecule has 0 N–H and O–H groups in total. The average molecular weight is 269 g/mol. The highest BCUT2D eigenvalue weighted by Gasteiger charge is 2.43. The molecule has 1 aliphatic rings. The third kappa shape index (κ3) is 1.52. The topological polar surface area (TPSA) is 55.1 Å². The van der Waals surface area contributed by atoms with E-state index in [2.05, 4.69) is 14.5 Å². The number of rotatable bonds is 0. The highest BCUT2D eigenvalue weighted by Crippen LogP contribution is 2.44. The maximum absolute atomic E-state index is 12.9. The molecule has 1 aromatic carbocycles. The summed E-state index contributed by atoms with van der Waals surface area (Å²) in [6.45, 7) is 0. The molecule has 0 fully saturated rings. The number of hydrogen-bond donors (Lipinski definition) is 0. The van der Waals surface area contributed by atoms with Crippen LogP contribution in [-0.2, 0) is 0 Å². The van der Waals surface area contributed by atoms with E-state index in [4.69, 9.17) is 16.9 Å². The zero-order valence-electron chi connectivity index (χ0n) is 8.58. The lowest BCUT2D eigenvalue weighted by Gasteiger charge is -2.04. The Balaban J connectivity index is 2.27. The summed E-state index contributed by atoms with van der Waals surface area (Å²) in [7, 11) is 0. The molecule has 90 valence electrons. The Morgan fingerprint density at radius 3 is 2.61 bits per heavy atom. The van der Waals surface area contributed by atoms with Gasteiger partial charge >= 0.3 is 6.29 Å². The van der Waals surface area contributed by atoms with Crippen LogP contribution in [0.3, 0.4) is 0 Å². The molecule has 3 rings (SSSR count). The number of halogens is 3. The number of nitrogens with zero attached hydrogens (tertiary/aromatic N) is 2. The highest BCUT2D eigenvalue weighted by molar-refractivity contribution is 6.36. The van der Waals surface area contributed by atoms with Crippen molar-refractivity contribution in [2.75, 3.05) is 0 Å². The largest absolute Gasteiger partial charge is 0.586 e. The van der Waals surface area contributed by atoms with Gasteiger partial charge in [-0.1, -0.05) is 11.6 Å². The molecule has 0 atom stereocenters. The zero-order valence-corrected chi connectivity index (χ0v) is 9.33. The van der Waals surface area contributed by atoms with E-state index in [0.29, 0.717) is 10.9 Å². The summed E-state index contributed by atoms with van der Waals surface area (Å²) in [5, 5.41) is 9.30. The van der Waals surface area contributed by atoms with Gasteiger partial charge in [-0.15, -0.1) is 8.78 Å². The van der Waals surface area contributed by atoms with Crippen LogP contribution in [0.25, 0.3) is 10.9 Å². The van der Waals surface area contributed by atoms with Gasteiger partial charge in [0.25, 0.3) is 0 Å². The van der Waals surface area contributed by atoms with Gasteiger partial charge in [0.05, 0.1) is 16.1 Å². The molecule has 7 heteroatoms. The van der Waals surface area contributed by atoms with Gasteiger partial charge in [-0.3, -0.25) is 4.98 Å². The Kier molecular flexibility index (Phi) is 2.10. The van der Waals surface area contributed by atoms with Crippen molar-refractivity contribution in [1.29, 1.82) is 5.26 Å². The van der Waals surface area contributed by atoms with Crippen molar-refractivity contribution in [2.45, 2.75) is 6.29 Å². The number of hydrogen-bond acceptors (Lipinski definition) is 4. The molecular formula is C11H3ClF2N2O2. The molecule has 0 saturated heterocycles. The first-order valence-electron chi connectivity index (χ1n) is 4.78. The normalized spacial score (nSPS) is 15.7.